The summed E-state index contributed by atoms with van der Waals surface area (Å²) >= 11 is 11.0. The Morgan fingerprint density at radius 2 is 1.57 bits per heavy atom. The van der Waals surface area contributed by atoms with Crippen molar-refractivity contribution in [3.05, 3.63) is 99.0 Å². The Balaban J connectivity index is 1.56. The molecule has 0 heterocycles. The third-order valence-electron chi connectivity index (χ3n) is 4.02. The smallest absolute Gasteiger partial charge is 0.267 e. The molecule has 3 nitrogen and oxygen atoms in total. The number of rotatable bonds is 6. The zero-order chi connectivity index (χ0) is 19.9. The quantitative estimate of drug-likeness (QED) is 0.250. The van der Waals surface area contributed by atoms with E-state index in [9.17, 15) is 4.79 Å². The molecule has 142 valence electrons. The third kappa shape index (κ3) is 5.96. The number of nitrogens with zero attached hydrogens (tertiary/aromatic N) is 1. The average molecular weight is 474 g/mol. The van der Waals surface area contributed by atoms with E-state index in [1.54, 1.807) is 11.8 Å². The predicted octanol–water partition coefficient (Wildman–Crippen LogP) is 6.55. The fourth-order valence-electron chi connectivity index (χ4n) is 2.40. The molecule has 0 fully saturated rings. The first-order chi connectivity index (χ1) is 13.5. The van der Waals surface area contributed by atoms with Gasteiger partial charge in [0.25, 0.3) is 5.91 Å². The maximum atomic E-state index is 12.3. The molecule has 0 aliphatic carbocycles. The van der Waals surface area contributed by atoms with Crippen molar-refractivity contribution in [3.8, 4) is 0 Å². The summed E-state index contributed by atoms with van der Waals surface area (Å²) in [5.41, 5.74) is 6.04. The normalized spacial score (nSPS) is 11.3. The molecule has 0 saturated carbocycles. The molecule has 0 saturated heterocycles. The number of hydrogen-bond acceptors (Lipinski definition) is 3. The van der Waals surface area contributed by atoms with Gasteiger partial charge in [0.05, 0.1) is 5.71 Å². The highest BCUT2D eigenvalue weighted by atomic mass is 79.9. The minimum atomic E-state index is -0.228. The van der Waals surface area contributed by atoms with E-state index < -0.39 is 0 Å². The molecule has 0 bridgehead atoms. The highest BCUT2D eigenvalue weighted by Gasteiger charge is 2.06. The molecule has 3 aromatic carbocycles. The van der Waals surface area contributed by atoms with Crippen LogP contribution in [0.1, 0.15) is 28.4 Å². The highest BCUT2D eigenvalue weighted by molar-refractivity contribution is 9.10. The fraction of sp³-hybridized carbons (Fsp3) is 0.0909. The van der Waals surface area contributed by atoms with E-state index >= 15 is 0 Å². The molecule has 0 aliphatic heterocycles. The maximum absolute atomic E-state index is 12.3. The summed E-state index contributed by atoms with van der Waals surface area (Å²) < 4.78 is 1.00. The number of halogens is 2. The van der Waals surface area contributed by atoms with Crippen molar-refractivity contribution in [3.63, 3.8) is 0 Å². The topological polar surface area (TPSA) is 41.5 Å². The van der Waals surface area contributed by atoms with Crippen molar-refractivity contribution in [1.82, 2.24) is 5.43 Å². The highest BCUT2D eigenvalue weighted by Crippen LogP contribution is 2.24. The van der Waals surface area contributed by atoms with Gasteiger partial charge in [-0.3, -0.25) is 4.79 Å². The number of thioether (sulfide) groups is 1. The van der Waals surface area contributed by atoms with Crippen molar-refractivity contribution in [2.75, 3.05) is 0 Å². The zero-order valence-electron chi connectivity index (χ0n) is 15.2. The first kappa shape index (κ1) is 20.6. The van der Waals surface area contributed by atoms with Crippen LogP contribution >= 0.6 is 39.3 Å². The molecule has 0 aromatic heterocycles. The lowest BCUT2D eigenvalue weighted by molar-refractivity contribution is 0.0955. The summed E-state index contributed by atoms with van der Waals surface area (Å²) in [7, 11) is 0. The van der Waals surface area contributed by atoms with E-state index in [2.05, 4.69) is 26.5 Å². The molecule has 0 aliphatic rings. The largest absolute Gasteiger partial charge is 0.271 e. The van der Waals surface area contributed by atoms with Crippen LogP contribution in [0.3, 0.4) is 0 Å². The minimum absolute atomic E-state index is 0.228. The SMILES string of the molecule is C/C(=N/NC(=O)c1ccc(CSc2ccc(Cl)cc2)cc1)c1ccc(Br)cc1. The number of benzene rings is 3. The molecule has 0 radical (unpaired) electrons. The lowest BCUT2D eigenvalue weighted by Gasteiger charge is -2.05. The second-order valence-electron chi connectivity index (χ2n) is 6.08. The molecule has 0 spiro atoms. The van der Waals surface area contributed by atoms with Crippen LogP contribution in [0, 0.1) is 0 Å². The Morgan fingerprint density at radius 3 is 2.21 bits per heavy atom. The fourth-order valence-corrected chi connectivity index (χ4v) is 3.65. The molecular formula is C22H18BrClN2OS. The molecule has 1 amide bonds. The van der Waals surface area contributed by atoms with Gasteiger partial charge in [-0.15, -0.1) is 11.8 Å². The van der Waals surface area contributed by atoms with Gasteiger partial charge in [-0.05, 0) is 66.6 Å². The zero-order valence-corrected chi connectivity index (χ0v) is 18.3. The second-order valence-corrected chi connectivity index (χ2v) is 8.49. The second kappa shape index (κ2) is 9.92. The van der Waals surface area contributed by atoms with Gasteiger partial charge < -0.3 is 0 Å². The summed E-state index contributed by atoms with van der Waals surface area (Å²) in [5.74, 6) is 0.595. The molecule has 0 atom stereocenters. The van der Waals surface area contributed by atoms with Gasteiger partial charge in [0.2, 0.25) is 0 Å². The monoisotopic (exact) mass is 472 g/mol. The van der Waals surface area contributed by atoms with Crippen molar-refractivity contribution >= 4 is 50.9 Å². The molecule has 1 N–H and O–H groups in total. The van der Waals surface area contributed by atoms with E-state index in [4.69, 9.17) is 11.6 Å². The predicted molar refractivity (Wildman–Crippen MR) is 121 cm³/mol. The summed E-state index contributed by atoms with van der Waals surface area (Å²) in [6.07, 6.45) is 0. The van der Waals surface area contributed by atoms with Crippen molar-refractivity contribution < 1.29 is 4.79 Å². The number of nitrogens with one attached hydrogen (secondary N) is 1. The van der Waals surface area contributed by atoms with Crippen molar-refractivity contribution in [1.29, 1.82) is 0 Å². The molecule has 3 rings (SSSR count). The van der Waals surface area contributed by atoms with Crippen molar-refractivity contribution in [2.24, 2.45) is 5.10 Å². The van der Waals surface area contributed by atoms with E-state index in [1.165, 1.54) is 0 Å². The Kier molecular flexibility index (Phi) is 7.31. The first-order valence-corrected chi connectivity index (χ1v) is 10.7. The number of carbonyl (C=O) groups is 1. The number of hydrazone groups is 1. The summed E-state index contributed by atoms with van der Waals surface area (Å²) in [5, 5.41) is 4.93. The average Bonchev–Trinajstić information content (AvgIpc) is 2.72. The summed E-state index contributed by atoms with van der Waals surface area (Å²) in [4.78, 5) is 13.5. The summed E-state index contributed by atoms with van der Waals surface area (Å²) in [6.45, 7) is 1.86. The van der Waals surface area contributed by atoms with Gasteiger partial charge in [-0.1, -0.05) is 51.8 Å². The van der Waals surface area contributed by atoms with Crippen LogP contribution < -0.4 is 5.43 Å². The van der Waals surface area contributed by atoms with Gasteiger partial charge in [-0.25, -0.2) is 5.43 Å². The maximum Gasteiger partial charge on any atom is 0.271 e. The van der Waals surface area contributed by atoms with Gasteiger partial charge in [0.1, 0.15) is 0 Å². The van der Waals surface area contributed by atoms with Crippen LogP contribution in [0.5, 0.6) is 0 Å². The van der Waals surface area contributed by atoms with E-state index in [0.717, 1.165) is 37.0 Å². The van der Waals surface area contributed by atoms with Crippen molar-refractivity contribution in [2.45, 2.75) is 17.6 Å². The van der Waals surface area contributed by atoms with Crippen LogP contribution in [0.15, 0.2) is 87.3 Å². The molecule has 6 heteroatoms. The Hall–Kier alpha value is -2.08. The van der Waals surface area contributed by atoms with Crippen LogP contribution in [0.4, 0.5) is 0 Å². The van der Waals surface area contributed by atoms with E-state index in [0.29, 0.717) is 5.56 Å². The Labute approximate surface area is 182 Å². The van der Waals surface area contributed by atoms with Crippen LogP contribution in [0.25, 0.3) is 0 Å². The van der Waals surface area contributed by atoms with Gasteiger partial charge in [-0.2, -0.15) is 5.10 Å². The molecular weight excluding hydrogens is 456 g/mol. The molecule has 0 unspecified atom stereocenters. The number of hydrogen-bond donors (Lipinski definition) is 1. The van der Waals surface area contributed by atoms with Crippen LogP contribution in [-0.4, -0.2) is 11.6 Å². The lowest BCUT2D eigenvalue weighted by atomic mass is 10.1. The van der Waals surface area contributed by atoms with Crippen LogP contribution in [-0.2, 0) is 5.75 Å². The van der Waals surface area contributed by atoms with E-state index in [-0.39, 0.29) is 5.91 Å². The Bertz CT molecular complexity index is 971. The number of carbonyl (C=O) groups excluding carboxylic acids is 1. The number of amides is 1. The Morgan fingerprint density at radius 1 is 0.964 bits per heavy atom. The van der Waals surface area contributed by atoms with E-state index in [1.807, 2.05) is 79.7 Å². The van der Waals surface area contributed by atoms with Crippen LogP contribution in [0.2, 0.25) is 5.02 Å². The van der Waals surface area contributed by atoms with Gasteiger partial charge in [0, 0.05) is 25.7 Å². The lowest BCUT2D eigenvalue weighted by Crippen LogP contribution is -2.19. The summed E-state index contributed by atoms with van der Waals surface area (Å²) in [6, 6.07) is 23.1. The van der Waals surface area contributed by atoms with Gasteiger partial charge >= 0.3 is 0 Å². The minimum Gasteiger partial charge on any atom is -0.267 e. The van der Waals surface area contributed by atoms with Gasteiger partial charge in [0.15, 0.2) is 0 Å². The third-order valence-corrected chi connectivity index (χ3v) is 5.89. The molecule has 3 aromatic rings. The standard InChI is InChI=1S/C22H18BrClN2OS/c1-15(17-6-8-19(23)9-7-17)25-26-22(27)18-4-2-16(3-5-18)14-28-21-12-10-20(24)11-13-21/h2-13H,14H2,1H3,(H,26,27)/b25-15-. The first-order valence-electron chi connectivity index (χ1n) is 8.59. The molecule has 28 heavy (non-hydrogen) atoms.